The molecule has 0 unspecified atom stereocenters. The van der Waals surface area contributed by atoms with E-state index in [4.69, 9.17) is 11.6 Å². The van der Waals surface area contributed by atoms with Crippen LogP contribution < -0.4 is 4.72 Å². The molecule has 3 aromatic rings. The van der Waals surface area contributed by atoms with Gasteiger partial charge in [-0.15, -0.1) is 0 Å². The summed E-state index contributed by atoms with van der Waals surface area (Å²) in [6.45, 7) is 2.42. The van der Waals surface area contributed by atoms with Crippen LogP contribution in [0, 0.1) is 6.92 Å². The number of nitrogens with one attached hydrogen (secondary N) is 2. The van der Waals surface area contributed by atoms with Crippen LogP contribution in [0.3, 0.4) is 0 Å². The zero-order valence-electron chi connectivity index (χ0n) is 14.4. The Hall–Kier alpha value is -1.34. The van der Waals surface area contributed by atoms with Crippen molar-refractivity contribution >= 4 is 48.5 Å². The molecular weight excluding hydrogens is 436 g/mol. The summed E-state index contributed by atoms with van der Waals surface area (Å²) in [6, 6.07) is 12.4. The molecule has 2 aromatic carbocycles. The van der Waals surface area contributed by atoms with E-state index in [0.717, 1.165) is 22.8 Å². The first-order chi connectivity index (χ1) is 12.4. The van der Waals surface area contributed by atoms with Gasteiger partial charge in [0, 0.05) is 33.5 Å². The topological polar surface area (TPSA) is 62.0 Å². The number of fused-ring (bicyclic) bond motifs is 1. The molecule has 138 valence electrons. The lowest BCUT2D eigenvalue weighted by atomic mass is 10.0. The third-order valence-corrected chi connectivity index (χ3v) is 6.48. The second-order valence-corrected chi connectivity index (χ2v) is 9.15. The highest BCUT2D eigenvalue weighted by Gasteiger charge is 2.13. The van der Waals surface area contributed by atoms with Gasteiger partial charge < -0.3 is 4.98 Å². The Morgan fingerprint density at radius 1 is 1.12 bits per heavy atom. The van der Waals surface area contributed by atoms with Crippen molar-refractivity contribution in [2.75, 3.05) is 11.9 Å². The molecule has 3 rings (SSSR count). The van der Waals surface area contributed by atoms with Gasteiger partial charge in [0.1, 0.15) is 0 Å². The minimum absolute atomic E-state index is 0.221. The monoisotopic (exact) mass is 454 g/mol. The maximum Gasteiger partial charge on any atom is 0.240 e. The third kappa shape index (κ3) is 4.31. The van der Waals surface area contributed by atoms with E-state index < -0.39 is 10.0 Å². The molecule has 7 heteroatoms. The Morgan fingerprint density at radius 3 is 2.54 bits per heavy atom. The second kappa shape index (κ2) is 8.13. The van der Waals surface area contributed by atoms with Gasteiger partial charge in [-0.3, -0.25) is 0 Å². The highest BCUT2D eigenvalue weighted by molar-refractivity contribution is 9.09. The number of benzene rings is 2. The van der Waals surface area contributed by atoms with Crippen LogP contribution in [0.15, 0.2) is 47.4 Å². The molecule has 0 spiro atoms. The Balaban J connectivity index is 1.71. The second-order valence-electron chi connectivity index (χ2n) is 6.15. The molecule has 0 aliphatic carbocycles. The zero-order valence-corrected chi connectivity index (χ0v) is 17.5. The van der Waals surface area contributed by atoms with Crippen molar-refractivity contribution in [2.45, 2.75) is 24.7 Å². The van der Waals surface area contributed by atoms with Gasteiger partial charge in [-0.2, -0.15) is 0 Å². The molecule has 0 atom stereocenters. The van der Waals surface area contributed by atoms with Crippen LogP contribution in [0.1, 0.15) is 16.8 Å². The van der Waals surface area contributed by atoms with Crippen LogP contribution in [-0.2, 0) is 22.9 Å². The van der Waals surface area contributed by atoms with Gasteiger partial charge >= 0.3 is 0 Å². The van der Waals surface area contributed by atoms with Crippen LogP contribution in [-0.4, -0.2) is 25.3 Å². The molecule has 26 heavy (non-hydrogen) atoms. The molecule has 1 aromatic heterocycles. The Labute approximate surface area is 167 Å². The highest BCUT2D eigenvalue weighted by Crippen LogP contribution is 2.24. The van der Waals surface area contributed by atoms with Crippen molar-refractivity contribution in [2.24, 2.45) is 0 Å². The molecule has 0 saturated heterocycles. The van der Waals surface area contributed by atoms with E-state index in [1.54, 1.807) is 12.1 Å². The summed E-state index contributed by atoms with van der Waals surface area (Å²) in [7, 11) is -3.52. The molecule has 0 aliphatic heterocycles. The average Bonchev–Trinajstić information content (AvgIpc) is 2.91. The third-order valence-electron chi connectivity index (χ3n) is 4.36. The number of sulfonamides is 1. The first kappa shape index (κ1) is 19.4. The molecule has 4 nitrogen and oxygen atoms in total. The van der Waals surface area contributed by atoms with E-state index in [2.05, 4.69) is 44.7 Å². The number of hydrogen-bond donors (Lipinski definition) is 2. The molecule has 0 fully saturated rings. The Morgan fingerprint density at radius 2 is 1.85 bits per heavy atom. The summed E-state index contributed by atoms with van der Waals surface area (Å²) < 4.78 is 27.3. The van der Waals surface area contributed by atoms with Gasteiger partial charge in [-0.25, -0.2) is 13.1 Å². The molecule has 0 amide bonds. The average molecular weight is 456 g/mol. The van der Waals surface area contributed by atoms with E-state index >= 15 is 0 Å². The lowest BCUT2D eigenvalue weighted by Gasteiger charge is -2.07. The number of halogens is 2. The van der Waals surface area contributed by atoms with Gasteiger partial charge in [0.2, 0.25) is 10.0 Å². The van der Waals surface area contributed by atoms with Gasteiger partial charge in [-0.05, 0) is 67.3 Å². The first-order valence-corrected chi connectivity index (χ1v) is 11.3. The van der Waals surface area contributed by atoms with Crippen molar-refractivity contribution in [1.29, 1.82) is 0 Å². The van der Waals surface area contributed by atoms with Gasteiger partial charge in [0.15, 0.2) is 0 Å². The Kier molecular flexibility index (Phi) is 6.07. The van der Waals surface area contributed by atoms with Gasteiger partial charge in [0.25, 0.3) is 0 Å². The molecule has 0 radical (unpaired) electrons. The number of aryl methyl sites for hydroxylation is 2. The highest BCUT2D eigenvalue weighted by atomic mass is 79.9. The SMILES string of the molecule is Cc1[nH]c2ccc(CCNS(=O)(=O)c3ccc(Cl)cc3)cc2c1CCBr. The fourth-order valence-corrected chi connectivity index (χ4v) is 4.58. The van der Waals surface area contributed by atoms with E-state index in [1.165, 1.54) is 28.8 Å². The molecule has 0 aliphatic rings. The van der Waals surface area contributed by atoms with E-state index in [1.807, 2.05) is 6.07 Å². The maximum atomic E-state index is 12.3. The standard InChI is InChI=1S/C19H20BrClN2O2S/c1-13-17(8-10-20)18-12-14(2-7-19(18)23-13)9-11-22-26(24,25)16-5-3-15(21)4-6-16/h2-7,12,22-23H,8-11H2,1H3. The molecule has 0 saturated carbocycles. The number of aromatic amines is 1. The van der Waals surface area contributed by atoms with Crippen molar-refractivity contribution in [3.8, 4) is 0 Å². The van der Waals surface area contributed by atoms with Crippen LogP contribution in [0.4, 0.5) is 0 Å². The summed E-state index contributed by atoms with van der Waals surface area (Å²) in [4.78, 5) is 3.62. The van der Waals surface area contributed by atoms with E-state index in [-0.39, 0.29) is 4.90 Å². The molecule has 2 N–H and O–H groups in total. The number of rotatable bonds is 7. The van der Waals surface area contributed by atoms with Crippen molar-refractivity contribution < 1.29 is 8.42 Å². The minimum atomic E-state index is -3.52. The maximum absolute atomic E-state index is 12.3. The largest absolute Gasteiger partial charge is 0.358 e. The summed E-state index contributed by atoms with van der Waals surface area (Å²) in [6.07, 6.45) is 1.58. The summed E-state index contributed by atoms with van der Waals surface area (Å²) in [5.41, 5.74) is 4.70. The number of alkyl halides is 1. The van der Waals surface area contributed by atoms with E-state index in [9.17, 15) is 8.42 Å². The number of hydrogen-bond acceptors (Lipinski definition) is 2. The fraction of sp³-hybridized carbons (Fsp3) is 0.263. The van der Waals surface area contributed by atoms with Crippen molar-refractivity contribution in [1.82, 2.24) is 9.71 Å². The lowest BCUT2D eigenvalue weighted by Crippen LogP contribution is -2.25. The van der Waals surface area contributed by atoms with Gasteiger partial charge in [-0.1, -0.05) is 33.6 Å². The van der Waals surface area contributed by atoms with Gasteiger partial charge in [0.05, 0.1) is 4.90 Å². The molecule has 0 bridgehead atoms. The normalized spacial score (nSPS) is 12.0. The number of aromatic nitrogens is 1. The lowest BCUT2D eigenvalue weighted by molar-refractivity contribution is 0.581. The zero-order chi connectivity index (χ0) is 18.7. The summed E-state index contributed by atoms with van der Waals surface area (Å²) in [5, 5.41) is 2.63. The minimum Gasteiger partial charge on any atom is -0.358 e. The predicted molar refractivity (Wildman–Crippen MR) is 111 cm³/mol. The van der Waals surface area contributed by atoms with E-state index in [0.29, 0.717) is 18.0 Å². The van der Waals surface area contributed by atoms with Crippen molar-refractivity contribution in [3.05, 3.63) is 64.3 Å². The Bertz CT molecular complexity index is 1010. The van der Waals surface area contributed by atoms with Crippen molar-refractivity contribution in [3.63, 3.8) is 0 Å². The van der Waals surface area contributed by atoms with Crippen LogP contribution in [0.5, 0.6) is 0 Å². The molecular formula is C19H20BrClN2O2S. The molecule has 1 heterocycles. The predicted octanol–water partition coefficient (Wildman–Crippen LogP) is 4.59. The summed E-state index contributed by atoms with van der Waals surface area (Å²) >= 11 is 9.31. The van der Waals surface area contributed by atoms with Crippen LogP contribution in [0.2, 0.25) is 5.02 Å². The van der Waals surface area contributed by atoms with Crippen LogP contribution >= 0.6 is 27.5 Å². The van der Waals surface area contributed by atoms with Crippen LogP contribution in [0.25, 0.3) is 10.9 Å². The summed E-state index contributed by atoms with van der Waals surface area (Å²) in [5.74, 6) is 0. The number of H-pyrrole nitrogens is 1. The fourth-order valence-electron chi connectivity index (χ4n) is 3.03. The first-order valence-electron chi connectivity index (χ1n) is 8.32. The smallest absolute Gasteiger partial charge is 0.240 e. The quantitative estimate of drug-likeness (QED) is 0.512.